The predicted molar refractivity (Wildman–Crippen MR) is 84.6 cm³/mol. The number of aliphatic imine (C=N–C) groups is 1. The lowest BCUT2D eigenvalue weighted by molar-refractivity contribution is -0.110. The molecule has 0 spiro atoms. The molecule has 0 fully saturated rings. The van der Waals surface area contributed by atoms with Crippen LogP contribution in [0.25, 0.3) is 0 Å². The molecule has 3 nitrogen and oxygen atoms in total. The van der Waals surface area contributed by atoms with Crippen molar-refractivity contribution in [3.05, 3.63) is 47.6 Å². The molecule has 1 heterocycles. The number of hydrogen-bond donors (Lipinski definition) is 0. The van der Waals surface area contributed by atoms with Gasteiger partial charge in [-0.3, -0.25) is 4.79 Å². The Morgan fingerprint density at radius 1 is 1.19 bits per heavy atom. The van der Waals surface area contributed by atoms with Gasteiger partial charge < -0.3 is 4.74 Å². The maximum absolute atomic E-state index is 11.7. The van der Waals surface area contributed by atoms with Crippen LogP contribution in [0.5, 0.6) is 5.75 Å². The fourth-order valence-electron chi connectivity index (χ4n) is 2.85. The average Bonchev–Trinajstić information content (AvgIpc) is 2.40. The van der Waals surface area contributed by atoms with Gasteiger partial charge in [0.1, 0.15) is 5.75 Å². The van der Waals surface area contributed by atoms with Gasteiger partial charge in [0.2, 0.25) is 0 Å². The standard InChI is InChI=1S/C18H19NO2/c1-11(2)21-13-6-8-17-15(10-13)18(3,4)14-9-12(20)5-7-16(14)19-17/h5-11H,1-4H3. The third-order valence-corrected chi connectivity index (χ3v) is 3.90. The second-order valence-corrected chi connectivity index (χ2v) is 6.26. The molecule has 1 aromatic carbocycles. The number of fused-ring (bicyclic) bond motifs is 2. The summed E-state index contributed by atoms with van der Waals surface area (Å²) in [6, 6.07) is 5.98. The summed E-state index contributed by atoms with van der Waals surface area (Å²) in [6.45, 7) is 8.26. The van der Waals surface area contributed by atoms with Gasteiger partial charge in [-0.2, -0.15) is 0 Å². The molecule has 0 amide bonds. The predicted octanol–water partition coefficient (Wildman–Crippen LogP) is 3.90. The van der Waals surface area contributed by atoms with E-state index in [1.165, 1.54) is 0 Å². The molecule has 0 radical (unpaired) electrons. The van der Waals surface area contributed by atoms with E-state index in [4.69, 9.17) is 4.74 Å². The van der Waals surface area contributed by atoms with E-state index in [1.807, 2.05) is 32.0 Å². The highest BCUT2D eigenvalue weighted by atomic mass is 16.5. The summed E-state index contributed by atoms with van der Waals surface area (Å²) in [5.41, 5.74) is 3.64. The fourth-order valence-corrected chi connectivity index (χ4v) is 2.85. The van der Waals surface area contributed by atoms with Crippen molar-refractivity contribution in [3.63, 3.8) is 0 Å². The number of nitrogens with zero attached hydrogens (tertiary/aromatic N) is 1. The molecule has 0 aromatic heterocycles. The Kier molecular flexibility index (Phi) is 3.08. The number of carbonyl (C=O) groups is 1. The zero-order valence-corrected chi connectivity index (χ0v) is 12.8. The Balaban J connectivity index is 2.14. The Labute approximate surface area is 125 Å². The molecule has 1 aliphatic heterocycles. The van der Waals surface area contributed by atoms with Crippen molar-refractivity contribution >= 4 is 17.2 Å². The van der Waals surface area contributed by atoms with Gasteiger partial charge in [0.25, 0.3) is 0 Å². The first kappa shape index (κ1) is 13.8. The van der Waals surface area contributed by atoms with Crippen molar-refractivity contribution in [2.75, 3.05) is 0 Å². The molecule has 2 aliphatic rings. The third-order valence-electron chi connectivity index (χ3n) is 3.90. The number of allylic oxidation sites excluding steroid dienone is 4. The van der Waals surface area contributed by atoms with Crippen LogP contribution in [-0.2, 0) is 10.2 Å². The Hall–Kier alpha value is -2.16. The van der Waals surface area contributed by atoms with Crippen molar-refractivity contribution in [3.8, 4) is 5.75 Å². The second kappa shape index (κ2) is 4.69. The zero-order chi connectivity index (χ0) is 15.2. The molecule has 1 aromatic rings. The van der Waals surface area contributed by atoms with Crippen molar-refractivity contribution in [1.82, 2.24) is 0 Å². The summed E-state index contributed by atoms with van der Waals surface area (Å²) in [7, 11) is 0. The molecule has 0 saturated heterocycles. The van der Waals surface area contributed by atoms with E-state index in [0.717, 1.165) is 28.3 Å². The van der Waals surface area contributed by atoms with Crippen LogP contribution in [0.2, 0.25) is 0 Å². The van der Waals surface area contributed by atoms with Crippen molar-refractivity contribution < 1.29 is 9.53 Å². The van der Waals surface area contributed by atoms with Crippen LogP contribution in [0.4, 0.5) is 5.69 Å². The second-order valence-electron chi connectivity index (χ2n) is 6.26. The fraction of sp³-hybridized carbons (Fsp3) is 0.333. The van der Waals surface area contributed by atoms with Gasteiger partial charge in [0, 0.05) is 5.41 Å². The van der Waals surface area contributed by atoms with Gasteiger partial charge in [-0.05, 0) is 61.4 Å². The monoisotopic (exact) mass is 281 g/mol. The van der Waals surface area contributed by atoms with Crippen LogP contribution in [0, 0.1) is 0 Å². The number of carbonyl (C=O) groups excluding carboxylic acids is 1. The van der Waals surface area contributed by atoms with Crippen LogP contribution >= 0.6 is 0 Å². The number of ketones is 1. The first-order chi connectivity index (χ1) is 9.88. The highest BCUT2D eigenvalue weighted by molar-refractivity contribution is 6.22. The van der Waals surface area contributed by atoms with E-state index in [-0.39, 0.29) is 17.3 Å². The number of benzene rings is 1. The topological polar surface area (TPSA) is 38.7 Å². The van der Waals surface area contributed by atoms with E-state index in [9.17, 15) is 4.79 Å². The summed E-state index contributed by atoms with van der Waals surface area (Å²) in [6.07, 6.45) is 5.20. The molecular formula is C18H19NO2. The van der Waals surface area contributed by atoms with E-state index in [1.54, 1.807) is 18.2 Å². The van der Waals surface area contributed by atoms with E-state index in [2.05, 4.69) is 18.8 Å². The molecule has 21 heavy (non-hydrogen) atoms. The van der Waals surface area contributed by atoms with Gasteiger partial charge in [-0.15, -0.1) is 0 Å². The smallest absolute Gasteiger partial charge is 0.179 e. The van der Waals surface area contributed by atoms with E-state index < -0.39 is 0 Å². The van der Waals surface area contributed by atoms with Crippen LogP contribution < -0.4 is 4.74 Å². The lowest BCUT2D eigenvalue weighted by Gasteiger charge is -2.35. The Bertz CT molecular complexity index is 706. The molecule has 0 atom stereocenters. The van der Waals surface area contributed by atoms with E-state index in [0.29, 0.717) is 0 Å². The minimum atomic E-state index is -0.261. The molecule has 0 N–H and O–H groups in total. The SMILES string of the molecule is CC(C)Oc1ccc2c(c1)C(C)(C)C1=CC(=O)C=CC1=N2. The van der Waals surface area contributed by atoms with Crippen LogP contribution in [-0.4, -0.2) is 17.6 Å². The van der Waals surface area contributed by atoms with Gasteiger partial charge in [-0.25, -0.2) is 4.99 Å². The minimum Gasteiger partial charge on any atom is -0.491 e. The van der Waals surface area contributed by atoms with Gasteiger partial charge in [0.15, 0.2) is 5.78 Å². The van der Waals surface area contributed by atoms with Crippen molar-refractivity contribution in [1.29, 1.82) is 0 Å². The summed E-state index contributed by atoms with van der Waals surface area (Å²) < 4.78 is 5.78. The molecule has 0 bridgehead atoms. The maximum Gasteiger partial charge on any atom is 0.179 e. The molecule has 3 heteroatoms. The lowest BCUT2D eigenvalue weighted by Crippen LogP contribution is -2.30. The maximum atomic E-state index is 11.7. The van der Waals surface area contributed by atoms with Gasteiger partial charge in [0.05, 0.1) is 17.5 Å². The minimum absolute atomic E-state index is 0.0232. The highest BCUT2D eigenvalue weighted by Gasteiger charge is 2.35. The van der Waals surface area contributed by atoms with E-state index >= 15 is 0 Å². The lowest BCUT2D eigenvalue weighted by atomic mass is 9.71. The van der Waals surface area contributed by atoms with Crippen LogP contribution in [0.1, 0.15) is 33.3 Å². The number of hydrogen-bond acceptors (Lipinski definition) is 3. The Morgan fingerprint density at radius 2 is 1.95 bits per heavy atom. The summed E-state index contributed by atoms with van der Waals surface area (Å²) in [5.74, 6) is 0.865. The number of ether oxygens (including phenoxy) is 1. The summed E-state index contributed by atoms with van der Waals surface area (Å²) in [5, 5.41) is 0. The quantitative estimate of drug-likeness (QED) is 0.771. The normalized spacial score (nSPS) is 18.8. The highest BCUT2D eigenvalue weighted by Crippen LogP contribution is 2.44. The van der Waals surface area contributed by atoms with Crippen molar-refractivity contribution in [2.24, 2.45) is 4.99 Å². The molecule has 1 aliphatic carbocycles. The molecule has 3 rings (SSSR count). The summed E-state index contributed by atoms with van der Waals surface area (Å²) in [4.78, 5) is 16.4. The number of rotatable bonds is 2. The molecule has 0 saturated carbocycles. The largest absolute Gasteiger partial charge is 0.491 e. The zero-order valence-electron chi connectivity index (χ0n) is 12.8. The summed E-state index contributed by atoms with van der Waals surface area (Å²) >= 11 is 0. The molecule has 108 valence electrons. The third kappa shape index (κ3) is 2.33. The van der Waals surface area contributed by atoms with Crippen LogP contribution in [0.15, 0.2) is 47.0 Å². The average molecular weight is 281 g/mol. The first-order valence-corrected chi connectivity index (χ1v) is 7.22. The van der Waals surface area contributed by atoms with Crippen LogP contribution in [0.3, 0.4) is 0 Å². The first-order valence-electron chi connectivity index (χ1n) is 7.22. The van der Waals surface area contributed by atoms with Gasteiger partial charge >= 0.3 is 0 Å². The van der Waals surface area contributed by atoms with Crippen molar-refractivity contribution in [2.45, 2.75) is 39.2 Å². The molecular weight excluding hydrogens is 262 g/mol. The van der Waals surface area contributed by atoms with Gasteiger partial charge in [-0.1, -0.05) is 13.8 Å². The molecule has 0 unspecified atom stereocenters. The Morgan fingerprint density at radius 3 is 2.67 bits per heavy atom.